The maximum absolute atomic E-state index is 12.2. The number of benzene rings is 2. The van der Waals surface area contributed by atoms with Gasteiger partial charge in [-0.1, -0.05) is 30.3 Å². The zero-order chi connectivity index (χ0) is 22.1. The number of hydrogen-bond donors (Lipinski definition) is 1. The number of nitrogens with zero attached hydrogens (tertiary/aromatic N) is 1. The normalized spacial score (nSPS) is 10.4. The minimum atomic E-state index is -0.387. The molecule has 3 rings (SSSR count). The molecule has 0 spiro atoms. The lowest BCUT2D eigenvalue weighted by molar-refractivity contribution is -0.145. The summed E-state index contributed by atoms with van der Waals surface area (Å²) in [5, 5.41) is 5.33. The first-order valence-corrected chi connectivity index (χ1v) is 10.6. The number of amides is 1. The molecule has 8 heteroatoms. The summed E-state index contributed by atoms with van der Waals surface area (Å²) in [4.78, 5) is 28.6. The Morgan fingerprint density at radius 3 is 2.58 bits per heavy atom. The van der Waals surface area contributed by atoms with Gasteiger partial charge in [0.05, 0.1) is 32.3 Å². The van der Waals surface area contributed by atoms with Crippen LogP contribution in [0.2, 0.25) is 0 Å². The zero-order valence-electron chi connectivity index (χ0n) is 17.4. The standard InChI is InChI=1S/C23H24N2O5S/c1-16-7-3-4-8-18(16)25-21(26)13-22-24-17(15-31-22)14-30-23(27)11-12-29-20-10-6-5-9-19(20)28-2/h3-10,15H,11-14H2,1-2H3,(H,25,26). The highest BCUT2D eigenvalue weighted by Gasteiger charge is 2.11. The quantitative estimate of drug-likeness (QED) is 0.477. The van der Waals surface area contributed by atoms with Crippen LogP contribution in [0, 0.1) is 6.92 Å². The number of ether oxygens (including phenoxy) is 3. The Kier molecular flexibility index (Phi) is 8.00. The molecular weight excluding hydrogens is 416 g/mol. The average molecular weight is 441 g/mol. The highest BCUT2D eigenvalue weighted by atomic mass is 32.1. The molecule has 0 aliphatic rings. The van der Waals surface area contributed by atoms with E-state index in [1.807, 2.05) is 43.3 Å². The third kappa shape index (κ3) is 6.82. The number of anilines is 1. The number of thiazole rings is 1. The summed E-state index contributed by atoms with van der Waals surface area (Å²) in [5.41, 5.74) is 2.40. The average Bonchev–Trinajstić information content (AvgIpc) is 3.21. The second kappa shape index (κ2) is 11.1. The van der Waals surface area contributed by atoms with E-state index >= 15 is 0 Å². The monoisotopic (exact) mass is 440 g/mol. The number of methoxy groups -OCH3 is 1. The Morgan fingerprint density at radius 1 is 1.06 bits per heavy atom. The largest absolute Gasteiger partial charge is 0.493 e. The van der Waals surface area contributed by atoms with Crippen molar-refractivity contribution in [3.63, 3.8) is 0 Å². The molecule has 7 nitrogen and oxygen atoms in total. The predicted octanol–water partition coefficient (Wildman–Crippen LogP) is 4.15. The van der Waals surface area contributed by atoms with Gasteiger partial charge in [0.15, 0.2) is 11.5 Å². The van der Waals surface area contributed by atoms with Gasteiger partial charge < -0.3 is 19.5 Å². The molecule has 1 N–H and O–H groups in total. The van der Waals surface area contributed by atoms with Crippen LogP contribution in [0.1, 0.15) is 22.7 Å². The van der Waals surface area contributed by atoms with E-state index in [4.69, 9.17) is 14.2 Å². The van der Waals surface area contributed by atoms with E-state index in [2.05, 4.69) is 10.3 Å². The van der Waals surface area contributed by atoms with Crippen LogP contribution in [-0.2, 0) is 27.4 Å². The lowest BCUT2D eigenvalue weighted by Crippen LogP contribution is -2.15. The molecule has 31 heavy (non-hydrogen) atoms. The fraction of sp³-hybridized carbons (Fsp3) is 0.261. The first kappa shape index (κ1) is 22.3. The molecule has 0 saturated carbocycles. The smallest absolute Gasteiger partial charge is 0.309 e. The van der Waals surface area contributed by atoms with Crippen LogP contribution in [0.5, 0.6) is 11.5 Å². The Labute approximate surface area is 185 Å². The van der Waals surface area contributed by atoms with E-state index < -0.39 is 0 Å². The van der Waals surface area contributed by atoms with Crippen molar-refractivity contribution in [2.75, 3.05) is 19.0 Å². The van der Waals surface area contributed by atoms with Crippen molar-refractivity contribution in [2.45, 2.75) is 26.4 Å². The number of nitrogens with one attached hydrogen (secondary N) is 1. The maximum Gasteiger partial charge on any atom is 0.309 e. The van der Waals surface area contributed by atoms with Gasteiger partial charge >= 0.3 is 5.97 Å². The molecule has 0 bridgehead atoms. The minimum Gasteiger partial charge on any atom is -0.493 e. The summed E-state index contributed by atoms with van der Waals surface area (Å²) in [6, 6.07) is 14.8. The van der Waals surface area contributed by atoms with E-state index in [-0.39, 0.29) is 37.9 Å². The van der Waals surface area contributed by atoms with Crippen molar-refractivity contribution in [3.05, 3.63) is 70.2 Å². The molecule has 162 valence electrons. The summed E-state index contributed by atoms with van der Waals surface area (Å²) in [6.07, 6.45) is 0.271. The fourth-order valence-electron chi connectivity index (χ4n) is 2.75. The van der Waals surface area contributed by atoms with Crippen molar-refractivity contribution in [1.29, 1.82) is 0 Å². The summed E-state index contributed by atoms with van der Waals surface area (Å²) in [7, 11) is 1.56. The van der Waals surface area contributed by atoms with Crippen LogP contribution in [0.3, 0.4) is 0 Å². The highest BCUT2D eigenvalue weighted by molar-refractivity contribution is 7.09. The van der Waals surface area contributed by atoms with Crippen molar-refractivity contribution in [1.82, 2.24) is 4.98 Å². The number of carbonyl (C=O) groups is 2. The molecule has 2 aromatic carbocycles. The van der Waals surface area contributed by atoms with Gasteiger partial charge in [-0.2, -0.15) is 0 Å². The Bertz CT molecular complexity index is 1030. The van der Waals surface area contributed by atoms with Gasteiger partial charge in [0, 0.05) is 11.1 Å². The number of aryl methyl sites for hydroxylation is 1. The third-order valence-electron chi connectivity index (χ3n) is 4.34. The highest BCUT2D eigenvalue weighted by Crippen LogP contribution is 2.25. The van der Waals surface area contributed by atoms with Crippen molar-refractivity contribution in [3.8, 4) is 11.5 Å². The summed E-state index contributed by atoms with van der Waals surface area (Å²) in [5.74, 6) is 0.658. The van der Waals surface area contributed by atoms with Gasteiger partial charge in [-0.05, 0) is 30.7 Å². The predicted molar refractivity (Wildman–Crippen MR) is 119 cm³/mol. The Hall–Kier alpha value is -3.39. The molecular formula is C23H24N2O5S. The Morgan fingerprint density at radius 2 is 1.81 bits per heavy atom. The number of para-hydroxylation sites is 3. The van der Waals surface area contributed by atoms with Gasteiger partial charge in [-0.3, -0.25) is 9.59 Å². The molecule has 0 radical (unpaired) electrons. The van der Waals surface area contributed by atoms with E-state index in [0.29, 0.717) is 22.2 Å². The van der Waals surface area contributed by atoms with Crippen LogP contribution in [0.25, 0.3) is 0 Å². The van der Waals surface area contributed by atoms with Crippen LogP contribution in [0.4, 0.5) is 5.69 Å². The van der Waals surface area contributed by atoms with E-state index in [9.17, 15) is 9.59 Å². The van der Waals surface area contributed by atoms with Gasteiger partial charge in [-0.25, -0.2) is 4.98 Å². The van der Waals surface area contributed by atoms with Gasteiger partial charge in [-0.15, -0.1) is 11.3 Å². The molecule has 1 heterocycles. The molecule has 1 amide bonds. The van der Waals surface area contributed by atoms with E-state index in [0.717, 1.165) is 11.3 Å². The zero-order valence-corrected chi connectivity index (χ0v) is 18.2. The van der Waals surface area contributed by atoms with E-state index in [1.165, 1.54) is 11.3 Å². The number of esters is 1. The van der Waals surface area contributed by atoms with Crippen molar-refractivity contribution in [2.24, 2.45) is 0 Å². The van der Waals surface area contributed by atoms with Crippen LogP contribution in [0.15, 0.2) is 53.9 Å². The first-order valence-electron chi connectivity index (χ1n) is 9.75. The second-order valence-corrected chi connectivity index (χ2v) is 7.63. The molecule has 0 atom stereocenters. The number of aromatic nitrogens is 1. The molecule has 0 unspecified atom stereocenters. The molecule has 3 aromatic rings. The Balaban J connectivity index is 1.40. The number of carbonyl (C=O) groups excluding carboxylic acids is 2. The van der Waals surface area contributed by atoms with Crippen LogP contribution in [-0.4, -0.2) is 30.6 Å². The number of rotatable bonds is 10. The lowest BCUT2D eigenvalue weighted by atomic mass is 10.2. The van der Waals surface area contributed by atoms with E-state index in [1.54, 1.807) is 24.6 Å². The summed E-state index contributed by atoms with van der Waals surface area (Å²) in [6.45, 7) is 2.18. The second-order valence-electron chi connectivity index (χ2n) is 6.68. The minimum absolute atomic E-state index is 0.0589. The molecule has 0 aliphatic heterocycles. The molecule has 0 saturated heterocycles. The lowest BCUT2D eigenvalue weighted by Gasteiger charge is -2.09. The first-order chi connectivity index (χ1) is 15.0. The maximum atomic E-state index is 12.2. The molecule has 1 aromatic heterocycles. The topological polar surface area (TPSA) is 86.8 Å². The molecule has 0 aliphatic carbocycles. The number of hydrogen-bond acceptors (Lipinski definition) is 7. The van der Waals surface area contributed by atoms with Crippen LogP contribution >= 0.6 is 11.3 Å². The third-order valence-corrected chi connectivity index (χ3v) is 5.24. The van der Waals surface area contributed by atoms with Crippen LogP contribution < -0.4 is 14.8 Å². The van der Waals surface area contributed by atoms with Crippen molar-refractivity contribution >= 4 is 28.9 Å². The molecule has 0 fully saturated rings. The SMILES string of the molecule is COc1ccccc1OCCC(=O)OCc1csc(CC(=O)Nc2ccccc2C)n1. The van der Waals surface area contributed by atoms with Gasteiger partial charge in [0.25, 0.3) is 0 Å². The van der Waals surface area contributed by atoms with Gasteiger partial charge in [0.2, 0.25) is 5.91 Å². The van der Waals surface area contributed by atoms with Crippen molar-refractivity contribution < 1.29 is 23.8 Å². The summed E-state index contributed by atoms with van der Waals surface area (Å²) < 4.78 is 16.0. The van der Waals surface area contributed by atoms with Gasteiger partial charge in [0.1, 0.15) is 11.6 Å². The fourth-order valence-corrected chi connectivity index (χ4v) is 3.53. The summed E-state index contributed by atoms with van der Waals surface area (Å²) >= 11 is 1.36.